The number of halogens is 1. The van der Waals surface area contributed by atoms with E-state index in [2.05, 4.69) is 5.32 Å². The van der Waals surface area contributed by atoms with Gasteiger partial charge in [0.15, 0.2) is 0 Å². The Bertz CT molecular complexity index is 554. The Labute approximate surface area is 128 Å². The molecule has 1 aromatic rings. The maximum absolute atomic E-state index is 12.5. The van der Waals surface area contributed by atoms with Crippen LogP contribution in [0.25, 0.3) is 0 Å². The molecule has 1 aliphatic carbocycles. The number of nitrogens with one attached hydrogen (secondary N) is 1. The highest BCUT2D eigenvalue weighted by atomic mass is 35.5. The van der Waals surface area contributed by atoms with E-state index < -0.39 is 11.4 Å². The molecule has 6 heteroatoms. The smallest absolute Gasteiger partial charge is 0.337 e. The van der Waals surface area contributed by atoms with Crippen molar-refractivity contribution >= 4 is 29.2 Å². The largest absolute Gasteiger partial charge is 0.478 e. The van der Waals surface area contributed by atoms with Crippen LogP contribution in [-0.2, 0) is 4.79 Å². The quantitative estimate of drug-likeness (QED) is 0.797. The Kier molecular flexibility index (Phi) is 4.85. The number of anilines is 1. The van der Waals surface area contributed by atoms with Crippen molar-refractivity contribution < 1.29 is 14.7 Å². The molecule has 1 saturated carbocycles. The van der Waals surface area contributed by atoms with E-state index >= 15 is 0 Å². The molecule has 1 amide bonds. The predicted molar refractivity (Wildman–Crippen MR) is 81.6 cm³/mol. The number of carbonyl (C=O) groups is 2. The number of carbonyl (C=O) groups excluding carboxylic acids is 1. The fourth-order valence-corrected chi connectivity index (χ4v) is 2.98. The summed E-state index contributed by atoms with van der Waals surface area (Å²) in [6.45, 7) is 0.304. The number of aromatic carboxylic acids is 1. The number of carboxylic acid groups (broad SMARTS) is 1. The third-order valence-corrected chi connectivity index (χ3v) is 4.47. The zero-order valence-corrected chi connectivity index (χ0v) is 12.4. The van der Waals surface area contributed by atoms with Crippen LogP contribution in [0.5, 0.6) is 0 Å². The Morgan fingerprint density at radius 2 is 1.95 bits per heavy atom. The van der Waals surface area contributed by atoms with Crippen LogP contribution in [0.15, 0.2) is 18.2 Å². The van der Waals surface area contributed by atoms with Crippen LogP contribution >= 0.6 is 11.6 Å². The van der Waals surface area contributed by atoms with Crippen molar-refractivity contribution in [2.45, 2.75) is 32.1 Å². The van der Waals surface area contributed by atoms with Crippen molar-refractivity contribution in [3.05, 3.63) is 28.8 Å². The summed E-state index contributed by atoms with van der Waals surface area (Å²) >= 11 is 5.82. The maximum Gasteiger partial charge on any atom is 0.337 e. The minimum Gasteiger partial charge on any atom is -0.478 e. The molecule has 0 aliphatic heterocycles. The molecule has 0 heterocycles. The molecule has 114 valence electrons. The maximum atomic E-state index is 12.5. The second kappa shape index (κ2) is 6.45. The Morgan fingerprint density at radius 3 is 2.52 bits per heavy atom. The van der Waals surface area contributed by atoms with Gasteiger partial charge in [0.05, 0.1) is 16.0 Å². The van der Waals surface area contributed by atoms with Crippen molar-refractivity contribution in [1.82, 2.24) is 0 Å². The highest BCUT2D eigenvalue weighted by Crippen LogP contribution is 2.36. The molecule has 1 aliphatic rings. The minimum absolute atomic E-state index is 0.0279. The number of nitrogens with two attached hydrogens (primary N) is 1. The van der Waals surface area contributed by atoms with E-state index in [-0.39, 0.29) is 16.5 Å². The van der Waals surface area contributed by atoms with Gasteiger partial charge in [0.25, 0.3) is 0 Å². The van der Waals surface area contributed by atoms with Crippen LogP contribution in [0.1, 0.15) is 42.5 Å². The summed E-state index contributed by atoms with van der Waals surface area (Å²) in [5.74, 6) is -1.26. The van der Waals surface area contributed by atoms with Gasteiger partial charge < -0.3 is 16.2 Å². The lowest BCUT2D eigenvalue weighted by atomic mass is 9.73. The van der Waals surface area contributed by atoms with E-state index in [0.717, 1.165) is 32.1 Å². The molecule has 4 N–H and O–H groups in total. The first kappa shape index (κ1) is 15.8. The van der Waals surface area contributed by atoms with Crippen LogP contribution in [0.2, 0.25) is 5.02 Å². The molecule has 0 saturated heterocycles. The van der Waals surface area contributed by atoms with E-state index in [1.54, 1.807) is 6.07 Å². The summed E-state index contributed by atoms with van der Waals surface area (Å²) in [5, 5.41) is 12.0. The number of rotatable bonds is 4. The highest BCUT2D eigenvalue weighted by molar-refractivity contribution is 6.33. The van der Waals surface area contributed by atoms with Crippen molar-refractivity contribution in [3.8, 4) is 0 Å². The van der Waals surface area contributed by atoms with Gasteiger partial charge in [0.2, 0.25) is 5.91 Å². The molecule has 2 rings (SSSR count). The molecule has 0 atom stereocenters. The van der Waals surface area contributed by atoms with Gasteiger partial charge in [0.1, 0.15) is 0 Å². The van der Waals surface area contributed by atoms with Crippen molar-refractivity contribution in [2.24, 2.45) is 11.1 Å². The monoisotopic (exact) mass is 310 g/mol. The first-order valence-electron chi connectivity index (χ1n) is 7.03. The molecule has 0 radical (unpaired) electrons. The second-order valence-electron chi connectivity index (χ2n) is 5.50. The average Bonchev–Trinajstić information content (AvgIpc) is 2.49. The zero-order valence-electron chi connectivity index (χ0n) is 11.7. The molecule has 0 spiro atoms. The van der Waals surface area contributed by atoms with Gasteiger partial charge in [0, 0.05) is 12.2 Å². The summed E-state index contributed by atoms with van der Waals surface area (Å²) in [4.78, 5) is 23.6. The van der Waals surface area contributed by atoms with Gasteiger partial charge in [-0.15, -0.1) is 0 Å². The van der Waals surface area contributed by atoms with Crippen molar-refractivity contribution in [3.63, 3.8) is 0 Å². The van der Waals surface area contributed by atoms with E-state index in [1.807, 2.05) is 0 Å². The molecule has 0 bridgehead atoms. The molecular formula is C15H19ClN2O3. The van der Waals surface area contributed by atoms with E-state index in [4.69, 9.17) is 22.4 Å². The van der Waals surface area contributed by atoms with Crippen molar-refractivity contribution in [2.75, 3.05) is 11.9 Å². The average molecular weight is 311 g/mol. The SMILES string of the molecule is NCC1(C(=O)Nc2ccc(Cl)c(C(=O)O)c2)CCCCC1. The number of carboxylic acids is 1. The van der Waals surface area contributed by atoms with Gasteiger partial charge >= 0.3 is 5.97 Å². The number of hydrogen-bond donors (Lipinski definition) is 3. The van der Waals surface area contributed by atoms with Gasteiger partial charge in [-0.2, -0.15) is 0 Å². The first-order valence-corrected chi connectivity index (χ1v) is 7.41. The molecular weight excluding hydrogens is 292 g/mol. The molecule has 1 aromatic carbocycles. The summed E-state index contributed by atoms with van der Waals surface area (Å²) in [6, 6.07) is 4.44. The normalized spacial score (nSPS) is 17.2. The summed E-state index contributed by atoms with van der Waals surface area (Å²) in [6.07, 6.45) is 4.65. The molecule has 0 unspecified atom stereocenters. The molecule has 1 fully saturated rings. The third-order valence-electron chi connectivity index (χ3n) is 4.14. The Balaban J connectivity index is 2.19. The summed E-state index contributed by atoms with van der Waals surface area (Å²) in [5.41, 5.74) is 5.68. The number of hydrogen-bond acceptors (Lipinski definition) is 3. The number of amides is 1. The molecule has 21 heavy (non-hydrogen) atoms. The topological polar surface area (TPSA) is 92.4 Å². The summed E-state index contributed by atoms with van der Waals surface area (Å²) < 4.78 is 0. The van der Waals surface area contributed by atoms with E-state index in [0.29, 0.717) is 12.2 Å². The molecule has 5 nitrogen and oxygen atoms in total. The standard InChI is InChI=1S/C15H19ClN2O3/c16-12-5-4-10(8-11(12)13(19)20)18-14(21)15(9-17)6-2-1-3-7-15/h4-5,8H,1-3,6-7,9,17H2,(H,18,21)(H,19,20). The third kappa shape index (κ3) is 3.36. The van der Waals surface area contributed by atoms with Crippen LogP contribution in [-0.4, -0.2) is 23.5 Å². The Hall–Kier alpha value is -1.59. The van der Waals surface area contributed by atoms with Gasteiger partial charge in [-0.05, 0) is 31.0 Å². The molecule has 0 aromatic heterocycles. The fraction of sp³-hybridized carbons (Fsp3) is 0.467. The second-order valence-corrected chi connectivity index (χ2v) is 5.91. The van der Waals surface area contributed by atoms with E-state index in [1.165, 1.54) is 12.1 Å². The fourth-order valence-electron chi connectivity index (χ4n) is 2.78. The van der Waals surface area contributed by atoms with Crippen LogP contribution < -0.4 is 11.1 Å². The number of benzene rings is 1. The zero-order chi connectivity index (χ0) is 15.5. The van der Waals surface area contributed by atoms with Gasteiger partial charge in [-0.1, -0.05) is 30.9 Å². The predicted octanol–water partition coefficient (Wildman–Crippen LogP) is 2.89. The van der Waals surface area contributed by atoms with Gasteiger partial charge in [-0.25, -0.2) is 4.79 Å². The van der Waals surface area contributed by atoms with Crippen LogP contribution in [0.4, 0.5) is 5.69 Å². The lowest BCUT2D eigenvalue weighted by molar-refractivity contribution is -0.126. The minimum atomic E-state index is -1.12. The summed E-state index contributed by atoms with van der Waals surface area (Å²) in [7, 11) is 0. The van der Waals surface area contributed by atoms with Crippen LogP contribution in [0.3, 0.4) is 0 Å². The highest BCUT2D eigenvalue weighted by Gasteiger charge is 2.38. The lowest BCUT2D eigenvalue weighted by Gasteiger charge is -2.34. The van der Waals surface area contributed by atoms with E-state index in [9.17, 15) is 9.59 Å². The Morgan fingerprint density at radius 1 is 1.29 bits per heavy atom. The lowest BCUT2D eigenvalue weighted by Crippen LogP contribution is -2.43. The van der Waals surface area contributed by atoms with Crippen molar-refractivity contribution in [1.29, 1.82) is 0 Å². The van der Waals surface area contributed by atoms with Crippen LogP contribution in [0, 0.1) is 5.41 Å². The van der Waals surface area contributed by atoms with Gasteiger partial charge in [-0.3, -0.25) is 4.79 Å². The first-order chi connectivity index (χ1) is 9.98.